The summed E-state index contributed by atoms with van der Waals surface area (Å²) in [6, 6.07) is 42.3. The molecule has 232 valence electrons. The normalized spacial score (nSPS) is 10.6. The predicted octanol–water partition coefficient (Wildman–Crippen LogP) is 13.4. The van der Waals surface area contributed by atoms with Gasteiger partial charge >= 0.3 is 37.9 Å². The van der Waals surface area contributed by atoms with E-state index in [4.69, 9.17) is 17.0 Å². The summed E-state index contributed by atoms with van der Waals surface area (Å²) < 4.78 is 0. The molecule has 0 N–H and O–H groups in total. The molecule has 6 aromatic carbocycles. The Hall–Kier alpha value is -2.22. The monoisotopic (exact) mass is 726 g/mol. The standard InChI is InChI=1S/C20H21.C19H19.C2H6Si.2ClH.Zr/c1-3-6-16-9-11-17(12-10-16)19-8-5-7-18-13-15(4-2)14-20(18)19;1-19(2,3)16-12-10-15(11-13-16)18-9-5-7-14-6-4-8-17(14)18;1-3-2;;;/h5,7-14H,3-4,6H2,1-2H3;4-13H,1-3H3;1-2H3;2*1H;/q2*-1;;;;+4/p-2. The minimum absolute atomic E-state index is 0.213. The first-order chi connectivity index (χ1) is 21.7. The molecule has 0 amide bonds. The van der Waals surface area contributed by atoms with Crippen LogP contribution in [-0.2, 0) is 39.1 Å². The van der Waals surface area contributed by atoms with Gasteiger partial charge in [-0.1, -0.05) is 126 Å². The number of halogens is 2. The van der Waals surface area contributed by atoms with E-state index in [0.717, 1.165) is 15.9 Å². The molecule has 0 saturated heterocycles. The zero-order valence-corrected chi connectivity index (χ0v) is 32.8. The van der Waals surface area contributed by atoms with Crippen molar-refractivity contribution in [3.8, 4) is 22.3 Å². The minimum atomic E-state index is -0.826. The van der Waals surface area contributed by atoms with Crippen LogP contribution in [0.2, 0.25) is 13.1 Å². The van der Waals surface area contributed by atoms with E-state index < -0.39 is 20.8 Å². The van der Waals surface area contributed by atoms with Crippen molar-refractivity contribution in [1.82, 2.24) is 0 Å². The SMILES string of the molecule is CC(C)(C)c1ccc(-c2cccc3[cH-]ccc23)cc1.CCCc1ccc(-c2cccc3[cH-]c(CC)cc23)cc1.C[Si]C.[Cl][Zr+2][Cl]. The zero-order valence-electron chi connectivity index (χ0n) is 27.8. The Morgan fingerprint density at radius 3 is 1.78 bits per heavy atom. The average Bonchev–Trinajstić information content (AvgIpc) is 3.70. The van der Waals surface area contributed by atoms with Crippen molar-refractivity contribution < 1.29 is 20.8 Å². The first kappa shape index (κ1) is 37.2. The molecule has 0 spiro atoms. The molecule has 0 heterocycles. The molecule has 0 aliphatic carbocycles. The molecular weight excluding hydrogens is 683 g/mol. The summed E-state index contributed by atoms with van der Waals surface area (Å²) in [5.41, 5.74) is 9.74. The number of rotatable bonds is 5. The quantitative estimate of drug-likeness (QED) is 0.122. The van der Waals surface area contributed by atoms with E-state index in [0.29, 0.717) is 0 Å². The van der Waals surface area contributed by atoms with Gasteiger partial charge in [0.2, 0.25) is 0 Å². The van der Waals surface area contributed by atoms with Gasteiger partial charge < -0.3 is 0 Å². The van der Waals surface area contributed by atoms with Crippen molar-refractivity contribution in [1.29, 1.82) is 0 Å². The Bertz CT molecular complexity index is 1700. The van der Waals surface area contributed by atoms with Gasteiger partial charge in [0, 0.05) is 9.52 Å². The van der Waals surface area contributed by atoms with Gasteiger partial charge in [0.05, 0.1) is 0 Å². The van der Waals surface area contributed by atoms with Gasteiger partial charge in [-0.15, -0.1) is 63.5 Å². The van der Waals surface area contributed by atoms with E-state index in [2.05, 4.69) is 163 Å². The molecule has 0 bridgehead atoms. The molecule has 0 aliphatic heterocycles. The van der Waals surface area contributed by atoms with Gasteiger partial charge in [0.15, 0.2) is 0 Å². The number of aryl methyl sites for hydroxylation is 2. The number of hydrogen-bond donors (Lipinski definition) is 0. The summed E-state index contributed by atoms with van der Waals surface area (Å²) in [6.45, 7) is 15.5. The Labute approximate surface area is 293 Å². The summed E-state index contributed by atoms with van der Waals surface area (Å²) in [7, 11) is 11.0. The third-order valence-electron chi connectivity index (χ3n) is 7.76. The first-order valence-corrected chi connectivity index (χ1v) is 24.1. The molecular formula is C41H46Cl2SiZr. The van der Waals surface area contributed by atoms with E-state index in [-0.39, 0.29) is 5.41 Å². The summed E-state index contributed by atoms with van der Waals surface area (Å²) >= 11 is -0.826. The Morgan fingerprint density at radius 1 is 0.711 bits per heavy atom. The van der Waals surface area contributed by atoms with E-state index in [9.17, 15) is 0 Å². The molecule has 0 aliphatic rings. The van der Waals surface area contributed by atoms with Crippen LogP contribution in [-0.4, -0.2) is 9.52 Å². The molecule has 0 saturated carbocycles. The van der Waals surface area contributed by atoms with E-state index in [1.165, 1.54) is 73.3 Å². The van der Waals surface area contributed by atoms with E-state index >= 15 is 0 Å². The van der Waals surface area contributed by atoms with Crippen molar-refractivity contribution in [2.75, 3.05) is 0 Å². The van der Waals surface area contributed by atoms with Crippen molar-refractivity contribution >= 4 is 48.1 Å². The average molecular weight is 729 g/mol. The van der Waals surface area contributed by atoms with Gasteiger partial charge in [-0.3, -0.25) is 0 Å². The number of hydrogen-bond acceptors (Lipinski definition) is 0. The first-order valence-electron chi connectivity index (χ1n) is 15.8. The summed E-state index contributed by atoms with van der Waals surface area (Å²) in [5, 5.41) is 5.40. The van der Waals surface area contributed by atoms with Gasteiger partial charge in [0.1, 0.15) is 0 Å². The molecule has 0 nitrogen and oxygen atoms in total. The molecule has 0 aromatic heterocycles. The maximum atomic E-state index is 4.93. The second-order valence-electron chi connectivity index (χ2n) is 12.2. The molecule has 0 atom stereocenters. The Balaban J connectivity index is 0.000000209. The molecule has 45 heavy (non-hydrogen) atoms. The van der Waals surface area contributed by atoms with Crippen molar-refractivity contribution in [2.45, 2.75) is 72.4 Å². The van der Waals surface area contributed by atoms with Crippen molar-refractivity contribution in [3.63, 3.8) is 0 Å². The van der Waals surface area contributed by atoms with Crippen LogP contribution in [0.15, 0.2) is 115 Å². The van der Waals surface area contributed by atoms with Crippen LogP contribution in [0, 0.1) is 0 Å². The molecule has 6 rings (SSSR count). The zero-order chi connectivity index (χ0) is 32.8. The second kappa shape index (κ2) is 18.8. The van der Waals surface area contributed by atoms with E-state index in [1.807, 2.05) is 0 Å². The van der Waals surface area contributed by atoms with Crippen LogP contribution in [0.3, 0.4) is 0 Å². The Kier molecular flexibility index (Phi) is 15.6. The van der Waals surface area contributed by atoms with Crippen LogP contribution < -0.4 is 0 Å². The van der Waals surface area contributed by atoms with E-state index in [1.54, 1.807) is 0 Å². The molecule has 0 unspecified atom stereocenters. The maximum absolute atomic E-state index is 4.93. The van der Waals surface area contributed by atoms with Crippen LogP contribution in [0.25, 0.3) is 43.8 Å². The number of fused-ring (bicyclic) bond motifs is 2. The summed E-state index contributed by atoms with van der Waals surface area (Å²) in [5.74, 6) is 0. The predicted molar refractivity (Wildman–Crippen MR) is 201 cm³/mol. The van der Waals surface area contributed by atoms with Crippen LogP contribution in [0.1, 0.15) is 57.7 Å². The molecule has 2 radical (unpaired) electrons. The summed E-state index contributed by atoms with van der Waals surface area (Å²) in [6.07, 6.45) is 3.47. The van der Waals surface area contributed by atoms with Crippen LogP contribution in [0.5, 0.6) is 0 Å². The molecule has 6 aromatic rings. The fraction of sp³-hybridized carbons (Fsp3) is 0.268. The fourth-order valence-electron chi connectivity index (χ4n) is 5.46. The summed E-state index contributed by atoms with van der Waals surface area (Å²) in [4.78, 5) is 0. The van der Waals surface area contributed by atoms with Gasteiger partial charge in [-0.05, 0) is 40.5 Å². The third-order valence-corrected chi connectivity index (χ3v) is 7.76. The fourth-order valence-corrected chi connectivity index (χ4v) is 5.46. The van der Waals surface area contributed by atoms with Gasteiger partial charge in [-0.25, -0.2) is 0 Å². The topological polar surface area (TPSA) is 0 Å². The van der Waals surface area contributed by atoms with Gasteiger partial charge in [0.25, 0.3) is 0 Å². The van der Waals surface area contributed by atoms with Crippen molar-refractivity contribution in [2.24, 2.45) is 0 Å². The van der Waals surface area contributed by atoms with Crippen LogP contribution >= 0.6 is 17.0 Å². The molecule has 0 fully saturated rings. The van der Waals surface area contributed by atoms with Crippen molar-refractivity contribution in [3.05, 3.63) is 132 Å². The number of benzene rings is 4. The van der Waals surface area contributed by atoms with Gasteiger partial charge in [-0.2, -0.15) is 18.2 Å². The Morgan fingerprint density at radius 2 is 1.24 bits per heavy atom. The second-order valence-corrected chi connectivity index (χ2v) is 16.9. The molecule has 4 heteroatoms. The third kappa shape index (κ3) is 10.7. The van der Waals surface area contributed by atoms with Crippen LogP contribution in [0.4, 0.5) is 0 Å².